The molecule has 0 unspecified atom stereocenters. The fraction of sp³-hybridized carbons (Fsp3) is 0.314. The maximum atomic E-state index is 15.1. The van der Waals surface area contributed by atoms with E-state index in [1.54, 1.807) is 37.3 Å². The van der Waals surface area contributed by atoms with Crippen molar-refractivity contribution in [3.8, 4) is 5.75 Å². The Labute approximate surface area is 254 Å². The summed E-state index contributed by atoms with van der Waals surface area (Å²) in [5.41, 5.74) is 4.88. The lowest BCUT2D eigenvalue weighted by Gasteiger charge is -2.50. The van der Waals surface area contributed by atoms with E-state index in [0.29, 0.717) is 23.2 Å². The van der Waals surface area contributed by atoms with Crippen molar-refractivity contribution in [1.82, 2.24) is 9.91 Å². The van der Waals surface area contributed by atoms with E-state index in [1.807, 2.05) is 43.3 Å². The number of aryl methyl sites for hydroxylation is 1. The standard InChI is InChI=1S/C35H32FN3O5/c1-3-38-31(41)24-15-14-23-25(29(24)33(38)43)18-26-32(42)39(37-22-12-9-19(2)10-13-22)34(44)35(26,21-7-5-4-6-8-21)30(23)20-11-16-28(40)27(36)17-20/h4-14,16-17,24-26,29-30,37,40H,3,15,18H2,1-2H3/t24-,25+,26-,29-,30-,35+/m0/s1. The molecule has 2 N–H and O–H groups in total. The maximum absolute atomic E-state index is 15.1. The first-order valence-corrected chi connectivity index (χ1v) is 15.0. The average molecular weight is 594 g/mol. The molecule has 7 rings (SSSR count). The lowest BCUT2D eigenvalue weighted by molar-refractivity contribution is -0.141. The number of hydrogen-bond acceptors (Lipinski definition) is 6. The molecular weight excluding hydrogens is 561 g/mol. The zero-order chi connectivity index (χ0) is 30.9. The van der Waals surface area contributed by atoms with Crippen LogP contribution in [0.3, 0.4) is 0 Å². The van der Waals surface area contributed by atoms with Gasteiger partial charge in [-0.2, -0.15) is 5.01 Å². The van der Waals surface area contributed by atoms with Crippen LogP contribution in [0.4, 0.5) is 10.1 Å². The number of amides is 4. The lowest BCUT2D eigenvalue weighted by Crippen LogP contribution is -2.53. The predicted octanol–water partition coefficient (Wildman–Crippen LogP) is 4.84. The Kier molecular flexibility index (Phi) is 6.46. The number of hydrazine groups is 1. The third-order valence-electron chi connectivity index (χ3n) is 10.1. The lowest BCUT2D eigenvalue weighted by atomic mass is 9.49. The Morgan fingerprint density at radius 1 is 0.932 bits per heavy atom. The molecule has 0 aromatic heterocycles. The first-order chi connectivity index (χ1) is 21.2. The number of allylic oxidation sites excluding steroid dienone is 2. The number of nitrogens with one attached hydrogen (secondary N) is 1. The third kappa shape index (κ3) is 3.81. The van der Waals surface area contributed by atoms with Gasteiger partial charge in [0, 0.05) is 12.5 Å². The minimum atomic E-state index is -1.48. The van der Waals surface area contributed by atoms with E-state index in [9.17, 15) is 24.3 Å². The van der Waals surface area contributed by atoms with Crippen molar-refractivity contribution >= 4 is 29.3 Å². The molecular formula is C35H32FN3O5. The van der Waals surface area contributed by atoms with E-state index in [-0.39, 0.29) is 24.8 Å². The molecule has 224 valence electrons. The van der Waals surface area contributed by atoms with Gasteiger partial charge in [0.2, 0.25) is 11.8 Å². The topological polar surface area (TPSA) is 107 Å². The number of phenolic OH excluding ortho intramolecular Hbond substituents is 1. The highest BCUT2D eigenvalue weighted by molar-refractivity contribution is 6.13. The number of hydrogen-bond donors (Lipinski definition) is 2. The van der Waals surface area contributed by atoms with Gasteiger partial charge in [-0.25, -0.2) is 4.39 Å². The Balaban J connectivity index is 1.46. The molecule has 4 amide bonds. The maximum Gasteiger partial charge on any atom is 0.260 e. The summed E-state index contributed by atoms with van der Waals surface area (Å²) in [6.07, 6.45) is 2.41. The Morgan fingerprint density at radius 3 is 2.34 bits per heavy atom. The van der Waals surface area contributed by atoms with E-state index in [2.05, 4.69) is 5.43 Å². The third-order valence-corrected chi connectivity index (χ3v) is 10.1. The second-order valence-electron chi connectivity index (χ2n) is 12.2. The molecule has 8 nitrogen and oxygen atoms in total. The minimum Gasteiger partial charge on any atom is -0.505 e. The van der Waals surface area contributed by atoms with E-state index in [1.165, 1.54) is 17.0 Å². The zero-order valence-electron chi connectivity index (χ0n) is 24.4. The summed E-state index contributed by atoms with van der Waals surface area (Å²) in [4.78, 5) is 57.7. The van der Waals surface area contributed by atoms with Gasteiger partial charge < -0.3 is 5.11 Å². The van der Waals surface area contributed by atoms with Crippen molar-refractivity contribution in [3.05, 3.63) is 107 Å². The van der Waals surface area contributed by atoms with E-state index < -0.39 is 58.4 Å². The molecule has 2 aliphatic carbocycles. The number of fused-ring (bicyclic) bond motifs is 4. The van der Waals surface area contributed by atoms with E-state index in [0.717, 1.165) is 16.1 Å². The predicted molar refractivity (Wildman–Crippen MR) is 159 cm³/mol. The van der Waals surface area contributed by atoms with Gasteiger partial charge in [0.05, 0.1) is 28.9 Å². The molecule has 6 atom stereocenters. The number of aromatic hydroxyl groups is 1. The SMILES string of the molecule is CCN1C(=O)[C@H]2[C@H](CC=C3[C@H]2C[C@H]2C(=O)N(Nc4ccc(C)cc4)C(=O)[C@@]2(c2ccccc2)[C@H]3c2ccc(O)c(F)c2)C1=O. The van der Waals surface area contributed by atoms with Crippen molar-refractivity contribution < 1.29 is 28.7 Å². The van der Waals surface area contributed by atoms with Crippen molar-refractivity contribution in [2.45, 2.75) is 38.0 Å². The normalized spacial score (nSPS) is 29.3. The summed E-state index contributed by atoms with van der Waals surface area (Å²) in [5.74, 6) is -6.31. The summed E-state index contributed by atoms with van der Waals surface area (Å²) < 4.78 is 15.1. The van der Waals surface area contributed by atoms with Crippen LogP contribution in [-0.2, 0) is 24.6 Å². The number of nitrogens with zero attached hydrogens (tertiary/aromatic N) is 2. The van der Waals surface area contributed by atoms with Crippen molar-refractivity contribution in [3.63, 3.8) is 0 Å². The first-order valence-electron chi connectivity index (χ1n) is 15.0. The molecule has 0 bridgehead atoms. The molecule has 4 aliphatic rings. The fourth-order valence-corrected chi connectivity index (χ4v) is 8.20. The van der Waals surface area contributed by atoms with Crippen LogP contribution in [0.1, 0.15) is 42.4 Å². The quantitative estimate of drug-likeness (QED) is 0.324. The molecule has 3 aromatic carbocycles. The Bertz CT molecular complexity index is 1740. The number of imide groups is 2. The van der Waals surface area contributed by atoms with Gasteiger partial charge in [-0.1, -0.05) is 65.7 Å². The van der Waals surface area contributed by atoms with Crippen molar-refractivity contribution in [1.29, 1.82) is 0 Å². The van der Waals surface area contributed by atoms with E-state index >= 15 is 4.39 Å². The molecule has 2 heterocycles. The summed E-state index contributed by atoms with van der Waals surface area (Å²) in [6.45, 7) is 3.95. The second-order valence-corrected chi connectivity index (χ2v) is 12.2. The minimum absolute atomic E-state index is 0.173. The van der Waals surface area contributed by atoms with Gasteiger partial charge >= 0.3 is 0 Å². The highest BCUT2D eigenvalue weighted by Gasteiger charge is 2.70. The summed E-state index contributed by atoms with van der Waals surface area (Å²) >= 11 is 0. The number of phenols is 1. The van der Waals surface area contributed by atoms with Crippen molar-refractivity contribution in [2.75, 3.05) is 12.0 Å². The highest BCUT2D eigenvalue weighted by atomic mass is 19.1. The number of halogens is 1. The zero-order valence-corrected chi connectivity index (χ0v) is 24.4. The van der Waals surface area contributed by atoms with Crippen LogP contribution in [0, 0.1) is 36.4 Å². The Morgan fingerprint density at radius 2 is 1.66 bits per heavy atom. The summed E-state index contributed by atoms with van der Waals surface area (Å²) in [7, 11) is 0. The van der Waals surface area contributed by atoms with Gasteiger partial charge in [0.25, 0.3) is 11.8 Å². The van der Waals surface area contributed by atoms with Gasteiger partial charge in [-0.3, -0.25) is 29.5 Å². The molecule has 1 saturated carbocycles. The number of carbonyl (C=O) groups excluding carboxylic acids is 4. The van der Waals surface area contributed by atoms with E-state index in [4.69, 9.17) is 0 Å². The largest absolute Gasteiger partial charge is 0.505 e. The van der Waals surface area contributed by atoms with Crippen molar-refractivity contribution in [2.24, 2.45) is 23.7 Å². The molecule has 0 spiro atoms. The molecule has 2 saturated heterocycles. The smallest absolute Gasteiger partial charge is 0.260 e. The summed E-state index contributed by atoms with van der Waals surface area (Å²) in [5, 5.41) is 11.2. The molecule has 3 aromatic rings. The molecule has 44 heavy (non-hydrogen) atoms. The number of likely N-dealkylation sites (tertiary alicyclic amines) is 1. The summed E-state index contributed by atoms with van der Waals surface area (Å²) in [6, 6.07) is 20.4. The molecule has 2 aliphatic heterocycles. The average Bonchev–Trinajstić information content (AvgIpc) is 3.40. The van der Waals surface area contributed by atoms with Crippen LogP contribution in [0.25, 0.3) is 0 Å². The highest BCUT2D eigenvalue weighted by Crippen LogP contribution is 2.64. The van der Waals surface area contributed by atoms with Crippen LogP contribution in [0.2, 0.25) is 0 Å². The molecule has 3 fully saturated rings. The van der Waals surface area contributed by atoms with Gasteiger partial charge in [-0.05, 0) is 68.0 Å². The second kappa shape index (κ2) is 10.1. The first kappa shape index (κ1) is 28.0. The van der Waals surface area contributed by atoms with Crippen LogP contribution in [-0.4, -0.2) is 45.2 Å². The molecule has 0 radical (unpaired) electrons. The monoisotopic (exact) mass is 593 g/mol. The van der Waals surface area contributed by atoms with Crippen LogP contribution >= 0.6 is 0 Å². The van der Waals surface area contributed by atoms with Crippen LogP contribution < -0.4 is 5.43 Å². The molecule has 9 heteroatoms. The van der Waals surface area contributed by atoms with Gasteiger partial charge in [0.15, 0.2) is 11.6 Å². The number of carbonyl (C=O) groups is 4. The number of anilines is 1. The van der Waals surface area contributed by atoms with Gasteiger partial charge in [-0.15, -0.1) is 0 Å². The Hall–Kier alpha value is -4.79. The van der Waals surface area contributed by atoms with Crippen LogP contribution in [0.15, 0.2) is 84.4 Å². The van der Waals surface area contributed by atoms with Gasteiger partial charge in [0.1, 0.15) is 0 Å². The van der Waals surface area contributed by atoms with Crippen LogP contribution in [0.5, 0.6) is 5.75 Å². The fourth-order valence-electron chi connectivity index (χ4n) is 8.20. The number of benzene rings is 3. The number of rotatable bonds is 5.